The third kappa shape index (κ3) is 4.53. The Kier molecular flexibility index (Phi) is 6.53. The first kappa shape index (κ1) is 23.4. The van der Waals surface area contributed by atoms with Crippen molar-refractivity contribution in [3.05, 3.63) is 59.4 Å². The van der Waals surface area contributed by atoms with E-state index in [2.05, 4.69) is 14.9 Å². The summed E-state index contributed by atoms with van der Waals surface area (Å²) >= 11 is 6.39. The average molecular weight is 500 g/mol. The number of rotatable bonds is 5. The molecule has 1 aromatic heterocycles. The van der Waals surface area contributed by atoms with Gasteiger partial charge in [-0.05, 0) is 37.7 Å². The molecule has 0 spiro atoms. The molecule has 1 N–H and O–H groups in total. The molecule has 35 heavy (non-hydrogen) atoms. The van der Waals surface area contributed by atoms with Gasteiger partial charge < -0.3 is 14.9 Å². The van der Waals surface area contributed by atoms with Gasteiger partial charge in [-0.2, -0.15) is 0 Å². The van der Waals surface area contributed by atoms with Crippen LogP contribution in [0, 0.1) is 11.6 Å². The molecule has 0 aliphatic carbocycles. The Bertz CT molecular complexity index is 1290. The summed E-state index contributed by atoms with van der Waals surface area (Å²) in [7, 11) is 0. The fourth-order valence-electron chi connectivity index (χ4n) is 4.47. The Labute approximate surface area is 206 Å². The largest absolute Gasteiger partial charge is 0.507 e. The fraction of sp³-hybridized carbons (Fsp3) is 0.320. The van der Waals surface area contributed by atoms with E-state index in [0.29, 0.717) is 37.4 Å². The summed E-state index contributed by atoms with van der Waals surface area (Å²) in [5, 5.41) is 10.5. The molecule has 2 aliphatic heterocycles. The van der Waals surface area contributed by atoms with E-state index in [-0.39, 0.29) is 27.6 Å². The number of fused-ring (bicyclic) bond motifs is 1. The van der Waals surface area contributed by atoms with Crippen molar-refractivity contribution >= 4 is 34.2 Å². The predicted molar refractivity (Wildman–Crippen MR) is 131 cm³/mol. The maximum atomic E-state index is 15.6. The molecule has 0 unspecified atom stereocenters. The molecular formula is C25H24ClF2N5O2. The Hall–Kier alpha value is -3.30. The van der Waals surface area contributed by atoms with E-state index in [0.717, 1.165) is 25.7 Å². The second-order valence-electron chi connectivity index (χ2n) is 8.64. The number of phenols is 1. The Morgan fingerprint density at radius 3 is 2.54 bits per heavy atom. The molecule has 3 aromatic rings. The smallest absolute Gasteiger partial charge is 0.246 e. The first-order valence-electron chi connectivity index (χ1n) is 11.5. The van der Waals surface area contributed by atoms with Gasteiger partial charge in [0.15, 0.2) is 5.82 Å². The summed E-state index contributed by atoms with van der Waals surface area (Å²) in [4.78, 5) is 26.9. The van der Waals surface area contributed by atoms with Crippen LogP contribution in [0.2, 0.25) is 5.02 Å². The molecule has 2 saturated heterocycles. The number of piperazine rings is 1. The summed E-state index contributed by atoms with van der Waals surface area (Å²) in [6.45, 7) is 4.96. The van der Waals surface area contributed by atoms with Gasteiger partial charge in [0.1, 0.15) is 29.2 Å². The lowest BCUT2D eigenvalue weighted by molar-refractivity contribution is -0.126. The number of benzene rings is 2. The second kappa shape index (κ2) is 9.75. The van der Waals surface area contributed by atoms with Crippen LogP contribution < -0.4 is 4.90 Å². The van der Waals surface area contributed by atoms with Crippen LogP contribution in [0.3, 0.4) is 0 Å². The summed E-state index contributed by atoms with van der Waals surface area (Å²) in [5.41, 5.74) is -0.587. The lowest BCUT2D eigenvalue weighted by Crippen LogP contribution is -2.48. The third-order valence-electron chi connectivity index (χ3n) is 6.51. The number of carbonyl (C=O) groups is 1. The van der Waals surface area contributed by atoms with E-state index in [4.69, 9.17) is 11.6 Å². The molecule has 2 fully saturated rings. The minimum atomic E-state index is -0.835. The number of anilines is 1. The minimum Gasteiger partial charge on any atom is -0.507 e. The number of carbonyl (C=O) groups excluding carboxylic acids is 1. The Morgan fingerprint density at radius 2 is 1.86 bits per heavy atom. The van der Waals surface area contributed by atoms with Crippen molar-refractivity contribution in [1.29, 1.82) is 0 Å². The highest BCUT2D eigenvalue weighted by Gasteiger charge is 2.26. The van der Waals surface area contributed by atoms with Crippen molar-refractivity contribution in [2.45, 2.75) is 6.42 Å². The van der Waals surface area contributed by atoms with Gasteiger partial charge in [0.25, 0.3) is 0 Å². The first-order valence-corrected chi connectivity index (χ1v) is 11.8. The van der Waals surface area contributed by atoms with Gasteiger partial charge in [-0.25, -0.2) is 18.7 Å². The Balaban J connectivity index is 1.38. The highest BCUT2D eigenvalue weighted by atomic mass is 35.5. The monoisotopic (exact) mass is 499 g/mol. The van der Waals surface area contributed by atoms with Gasteiger partial charge in [0.05, 0.1) is 10.6 Å². The zero-order valence-electron chi connectivity index (χ0n) is 18.9. The molecule has 10 heteroatoms. The molecule has 3 heterocycles. The van der Waals surface area contributed by atoms with Gasteiger partial charge in [-0.3, -0.25) is 9.69 Å². The van der Waals surface area contributed by atoms with Crippen LogP contribution in [0.5, 0.6) is 5.75 Å². The van der Waals surface area contributed by atoms with Gasteiger partial charge in [-0.1, -0.05) is 23.7 Å². The van der Waals surface area contributed by atoms with Crippen LogP contribution in [0.4, 0.5) is 14.6 Å². The fourth-order valence-corrected chi connectivity index (χ4v) is 4.76. The van der Waals surface area contributed by atoms with Crippen molar-refractivity contribution in [2.24, 2.45) is 0 Å². The molecule has 0 bridgehead atoms. The number of halogens is 3. The molecule has 5 rings (SSSR count). The lowest BCUT2D eigenvalue weighted by Gasteiger charge is -2.35. The van der Waals surface area contributed by atoms with E-state index in [1.807, 2.05) is 11.0 Å². The van der Waals surface area contributed by atoms with Gasteiger partial charge in [0, 0.05) is 49.7 Å². The van der Waals surface area contributed by atoms with E-state index in [9.17, 15) is 14.3 Å². The number of phenolic OH excluding ortho intramolecular Hbond substituents is 1. The molecule has 7 nitrogen and oxygen atoms in total. The zero-order valence-corrected chi connectivity index (χ0v) is 19.7. The van der Waals surface area contributed by atoms with Crippen molar-refractivity contribution in [1.82, 2.24) is 19.8 Å². The number of likely N-dealkylation sites (tertiary alicyclic amines) is 1. The van der Waals surface area contributed by atoms with Crippen LogP contribution in [0.1, 0.15) is 6.42 Å². The topological polar surface area (TPSA) is 72.8 Å². The number of hydrogen-bond donors (Lipinski definition) is 1. The average Bonchev–Trinajstić information content (AvgIpc) is 2.82. The zero-order chi connectivity index (χ0) is 24.5. The first-order chi connectivity index (χ1) is 16.9. The molecule has 2 aliphatic rings. The van der Waals surface area contributed by atoms with E-state index >= 15 is 4.39 Å². The highest BCUT2D eigenvalue weighted by Crippen LogP contribution is 2.42. The molecule has 1 amide bonds. The molecule has 182 valence electrons. The van der Waals surface area contributed by atoms with E-state index in [1.54, 1.807) is 11.0 Å². The second-order valence-corrected chi connectivity index (χ2v) is 9.05. The van der Waals surface area contributed by atoms with Crippen molar-refractivity contribution in [3.63, 3.8) is 0 Å². The SMILES string of the molecule is O=C(/C=C/CN1CCC1)N1CCN(c2ncnc3c(F)c(-c4c(O)cccc4F)c(Cl)cc23)CC1. The van der Waals surface area contributed by atoms with Crippen LogP contribution >= 0.6 is 11.6 Å². The lowest BCUT2D eigenvalue weighted by atomic mass is 10.0. The molecule has 2 aromatic carbocycles. The maximum absolute atomic E-state index is 15.6. The maximum Gasteiger partial charge on any atom is 0.246 e. The molecule has 0 radical (unpaired) electrons. The van der Waals surface area contributed by atoms with Crippen molar-refractivity contribution in [3.8, 4) is 16.9 Å². The standard InChI is InChI=1S/C25H24ClF2N5O2/c26-17-14-16-24(23(28)21(17)22-18(27)4-1-5-19(22)34)29-15-30-25(16)33-12-10-32(11-13-33)20(35)6-2-7-31-8-3-9-31/h1-2,4-6,14-15,34H,3,7-13H2/b6-2+. The number of aromatic nitrogens is 2. The Morgan fingerprint density at radius 1 is 1.09 bits per heavy atom. The van der Waals surface area contributed by atoms with Gasteiger partial charge >= 0.3 is 0 Å². The minimum absolute atomic E-state index is 0.0236. The number of nitrogens with zero attached hydrogens (tertiary/aromatic N) is 5. The van der Waals surface area contributed by atoms with Gasteiger partial charge in [0.2, 0.25) is 5.91 Å². The summed E-state index contributed by atoms with van der Waals surface area (Å²) in [6.07, 6.45) is 5.99. The van der Waals surface area contributed by atoms with Crippen LogP contribution in [-0.4, -0.2) is 76.6 Å². The summed E-state index contributed by atoms with van der Waals surface area (Å²) < 4.78 is 30.0. The summed E-state index contributed by atoms with van der Waals surface area (Å²) in [5.74, 6) is -1.59. The van der Waals surface area contributed by atoms with Crippen molar-refractivity contribution in [2.75, 3.05) is 50.7 Å². The van der Waals surface area contributed by atoms with Crippen LogP contribution in [0.15, 0.2) is 42.7 Å². The quantitative estimate of drug-likeness (QED) is 0.538. The number of aromatic hydroxyl groups is 1. The molecule has 0 saturated carbocycles. The number of hydrogen-bond acceptors (Lipinski definition) is 6. The molecule has 0 atom stereocenters. The number of amides is 1. The summed E-state index contributed by atoms with van der Waals surface area (Å²) in [6, 6.07) is 5.21. The van der Waals surface area contributed by atoms with Crippen molar-refractivity contribution < 1.29 is 18.7 Å². The predicted octanol–water partition coefficient (Wildman–Crippen LogP) is 3.84. The van der Waals surface area contributed by atoms with Gasteiger partial charge in [-0.15, -0.1) is 0 Å². The third-order valence-corrected chi connectivity index (χ3v) is 6.80. The normalized spacial score (nSPS) is 16.8. The van der Waals surface area contributed by atoms with E-state index in [1.165, 1.54) is 30.9 Å². The van der Waals surface area contributed by atoms with Crippen LogP contribution in [0.25, 0.3) is 22.0 Å². The van der Waals surface area contributed by atoms with Crippen LogP contribution in [-0.2, 0) is 4.79 Å². The highest BCUT2D eigenvalue weighted by molar-refractivity contribution is 6.34. The van der Waals surface area contributed by atoms with E-state index < -0.39 is 17.4 Å². The molecular weight excluding hydrogens is 476 g/mol.